The van der Waals surface area contributed by atoms with E-state index in [1.807, 2.05) is 70.2 Å². The number of urea groups is 1. The van der Waals surface area contributed by atoms with Crippen molar-refractivity contribution < 1.29 is 29.1 Å². The molecule has 258 valence electrons. The lowest BCUT2D eigenvalue weighted by Gasteiger charge is -2.36. The molecule has 1 aliphatic carbocycles. The summed E-state index contributed by atoms with van der Waals surface area (Å²) in [6.07, 6.45) is 6.53. The van der Waals surface area contributed by atoms with Gasteiger partial charge in [-0.15, -0.1) is 0 Å². The maximum absolute atomic E-state index is 14.5. The number of aromatic nitrogens is 1. The summed E-state index contributed by atoms with van der Waals surface area (Å²) in [6.45, 7) is 7.66. The molecule has 6 N–H and O–H groups in total. The van der Waals surface area contributed by atoms with Crippen molar-refractivity contribution in [2.75, 3.05) is 6.54 Å². The van der Waals surface area contributed by atoms with Crippen LogP contribution in [0.25, 0.3) is 5.70 Å². The van der Waals surface area contributed by atoms with Crippen molar-refractivity contribution >= 4 is 29.4 Å². The van der Waals surface area contributed by atoms with Crippen LogP contribution in [-0.4, -0.2) is 81.2 Å². The summed E-state index contributed by atoms with van der Waals surface area (Å²) < 4.78 is 0. The first-order chi connectivity index (χ1) is 22.9. The van der Waals surface area contributed by atoms with Crippen molar-refractivity contribution in [3.63, 3.8) is 0 Å². The maximum atomic E-state index is 14.5. The van der Waals surface area contributed by atoms with E-state index in [4.69, 9.17) is 4.84 Å². The molecular weight excluding hydrogens is 614 g/mol. The molecule has 2 aliphatic heterocycles. The Morgan fingerprint density at radius 2 is 1.85 bits per heavy atom. The van der Waals surface area contributed by atoms with Gasteiger partial charge >= 0.3 is 6.03 Å². The van der Waals surface area contributed by atoms with Gasteiger partial charge in [-0.1, -0.05) is 70.5 Å². The van der Waals surface area contributed by atoms with Crippen LogP contribution in [0.2, 0.25) is 0 Å². The Hall–Kier alpha value is -4.49. The molecule has 1 aromatic carbocycles. The van der Waals surface area contributed by atoms with Crippen LogP contribution in [0, 0.1) is 5.41 Å². The highest BCUT2D eigenvalue weighted by atomic mass is 16.7. The number of rotatable bonds is 12. The van der Waals surface area contributed by atoms with Gasteiger partial charge in [0.2, 0.25) is 11.8 Å². The van der Waals surface area contributed by atoms with Gasteiger partial charge < -0.3 is 31.3 Å². The number of likely N-dealkylation sites (tertiary alicyclic amines) is 1. The number of benzene rings is 1. The van der Waals surface area contributed by atoms with Gasteiger partial charge in [-0.25, -0.2) is 4.79 Å². The van der Waals surface area contributed by atoms with Crippen molar-refractivity contribution in [2.45, 2.75) is 102 Å². The van der Waals surface area contributed by atoms with E-state index in [1.165, 1.54) is 4.90 Å². The first-order valence-corrected chi connectivity index (χ1v) is 16.6. The minimum Gasteiger partial charge on any atom is -0.381 e. The van der Waals surface area contributed by atoms with E-state index in [1.54, 1.807) is 18.5 Å². The number of aliphatic hydroxyl groups is 1. The number of hydroxylamine groups is 1. The lowest BCUT2D eigenvalue weighted by molar-refractivity contribution is -0.143. The topological polar surface area (TPSA) is 174 Å². The van der Waals surface area contributed by atoms with Crippen LogP contribution in [0.4, 0.5) is 4.79 Å². The normalized spacial score (nSPS) is 22.2. The lowest BCUT2D eigenvalue weighted by Crippen LogP contribution is -2.60. The van der Waals surface area contributed by atoms with E-state index in [0.717, 1.165) is 24.0 Å². The Morgan fingerprint density at radius 3 is 2.50 bits per heavy atom. The quantitative estimate of drug-likeness (QED) is 0.201. The van der Waals surface area contributed by atoms with Gasteiger partial charge in [-0.05, 0) is 47.9 Å². The highest BCUT2D eigenvalue weighted by Crippen LogP contribution is 2.38. The first kappa shape index (κ1) is 34.8. The number of pyridine rings is 1. The SMILES string of the molecule is CCC[C@H](NC(=O)[C@@H]1CC2(C=C(c3ccccc3)NO2)CN1C(=O)[C@@H](NC(=O)NCc1cccnc1)C(C)(C)C)C(O)C(=O)NC1CC1. The fourth-order valence-corrected chi connectivity index (χ4v) is 6.06. The molecule has 13 nitrogen and oxygen atoms in total. The van der Waals surface area contributed by atoms with E-state index in [0.29, 0.717) is 18.5 Å². The molecule has 2 unspecified atom stereocenters. The number of hydrogen-bond donors (Lipinski definition) is 6. The zero-order valence-corrected chi connectivity index (χ0v) is 28.0. The Bertz CT molecular complexity index is 1490. The second-order valence-corrected chi connectivity index (χ2v) is 14.0. The summed E-state index contributed by atoms with van der Waals surface area (Å²) in [5.74, 6) is -1.50. The Morgan fingerprint density at radius 1 is 1.10 bits per heavy atom. The molecule has 0 bridgehead atoms. The molecule has 5 atom stereocenters. The van der Waals surface area contributed by atoms with Crippen LogP contribution in [-0.2, 0) is 25.8 Å². The van der Waals surface area contributed by atoms with Gasteiger partial charge in [0.05, 0.1) is 18.3 Å². The molecule has 0 radical (unpaired) electrons. The summed E-state index contributed by atoms with van der Waals surface area (Å²) in [5.41, 5.74) is 3.59. The standard InChI is InChI=1S/C35H47N7O6/c1-5-10-25(28(43)31(45)38-24-14-15-24)39-30(44)27-18-35(17-26(41-48-35)23-12-7-6-8-13-23)21-42(27)32(46)29(34(2,3)4)40-33(47)37-20-22-11-9-16-36-19-22/h6-9,11-13,16-17,19,24-25,27-29,41,43H,5,10,14-15,18,20-21H2,1-4H3,(H,38,45)(H,39,44)(H2,37,40,47)/t25-,27-,28?,29+,35?/m0/s1. The molecule has 5 amide bonds. The molecule has 3 heterocycles. The van der Waals surface area contributed by atoms with Crippen LogP contribution in [0.3, 0.4) is 0 Å². The van der Waals surface area contributed by atoms with Crippen molar-refractivity contribution in [1.29, 1.82) is 0 Å². The molecular formula is C35H47N7O6. The number of hydrogen-bond acceptors (Lipinski definition) is 8. The number of nitrogens with one attached hydrogen (secondary N) is 5. The van der Waals surface area contributed by atoms with Gasteiger partial charge in [0, 0.05) is 31.4 Å². The highest BCUT2D eigenvalue weighted by Gasteiger charge is 2.54. The Labute approximate surface area is 281 Å². The zero-order valence-electron chi connectivity index (χ0n) is 28.0. The molecule has 48 heavy (non-hydrogen) atoms. The van der Waals surface area contributed by atoms with E-state index in [-0.39, 0.29) is 25.6 Å². The number of nitrogens with zero attached hydrogens (tertiary/aromatic N) is 2. The number of amides is 5. The minimum absolute atomic E-state index is 0.0297. The van der Waals surface area contributed by atoms with Crippen molar-refractivity contribution in [3.8, 4) is 0 Å². The van der Waals surface area contributed by atoms with E-state index < -0.39 is 59.0 Å². The van der Waals surface area contributed by atoms with Crippen LogP contribution in [0.5, 0.6) is 0 Å². The third-order valence-electron chi connectivity index (χ3n) is 8.86. The van der Waals surface area contributed by atoms with Gasteiger partial charge in [-0.2, -0.15) is 0 Å². The van der Waals surface area contributed by atoms with Crippen molar-refractivity contribution in [1.82, 2.24) is 36.6 Å². The number of carbonyl (C=O) groups excluding carboxylic acids is 4. The molecule has 1 saturated heterocycles. The third kappa shape index (κ3) is 8.50. The molecule has 3 aliphatic rings. The predicted molar refractivity (Wildman–Crippen MR) is 178 cm³/mol. The van der Waals surface area contributed by atoms with Crippen LogP contribution < -0.4 is 26.7 Å². The van der Waals surface area contributed by atoms with Crippen molar-refractivity contribution in [3.05, 3.63) is 72.1 Å². The summed E-state index contributed by atoms with van der Waals surface area (Å²) in [7, 11) is 0. The summed E-state index contributed by atoms with van der Waals surface area (Å²) >= 11 is 0. The monoisotopic (exact) mass is 661 g/mol. The van der Waals surface area contributed by atoms with E-state index >= 15 is 0 Å². The Balaban J connectivity index is 1.39. The fourth-order valence-electron chi connectivity index (χ4n) is 6.06. The number of aliphatic hydroxyl groups excluding tert-OH is 1. The molecule has 13 heteroatoms. The summed E-state index contributed by atoms with van der Waals surface area (Å²) in [6, 6.07) is 9.79. The maximum Gasteiger partial charge on any atom is 0.315 e. The summed E-state index contributed by atoms with van der Waals surface area (Å²) in [4.78, 5) is 66.0. The average Bonchev–Trinajstić information content (AvgIpc) is 3.66. The predicted octanol–water partition coefficient (Wildman–Crippen LogP) is 2.14. The second kappa shape index (κ2) is 14.7. The molecule has 1 saturated carbocycles. The van der Waals surface area contributed by atoms with Crippen molar-refractivity contribution in [2.24, 2.45) is 5.41 Å². The van der Waals surface area contributed by atoms with Gasteiger partial charge in [0.15, 0.2) is 6.10 Å². The smallest absolute Gasteiger partial charge is 0.315 e. The lowest BCUT2D eigenvalue weighted by atomic mass is 9.85. The average molecular weight is 662 g/mol. The molecule has 2 fully saturated rings. The number of carbonyl (C=O) groups is 4. The molecule has 1 spiro atoms. The molecule has 1 aromatic heterocycles. The van der Waals surface area contributed by atoms with Gasteiger partial charge in [0.25, 0.3) is 5.91 Å². The molecule has 5 rings (SSSR count). The van der Waals surface area contributed by atoms with Gasteiger partial charge in [0.1, 0.15) is 17.7 Å². The summed E-state index contributed by atoms with van der Waals surface area (Å²) in [5, 5.41) is 22.2. The zero-order chi connectivity index (χ0) is 34.5. The van der Waals surface area contributed by atoms with E-state index in [2.05, 4.69) is 31.7 Å². The van der Waals surface area contributed by atoms with Crippen LogP contribution in [0.1, 0.15) is 70.9 Å². The van der Waals surface area contributed by atoms with Crippen LogP contribution in [0.15, 0.2) is 60.9 Å². The first-order valence-electron chi connectivity index (χ1n) is 16.6. The largest absolute Gasteiger partial charge is 0.381 e. The second-order valence-electron chi connectivity index (χ2n) is 14.0. The highest BCUT2D eigenvalue weighted by molar-refractivity contribution is 5.94. The van der Waals surface area contributed by atoms with E-state index in [9.17, 15) is 24.3 Å². The van der Waals surface area contributed by atoms with Gasteiger partial charge in [-0.3, -0.25) is 29.7 Å². The fraction of sp³-hybridized carbons (Fsp3) is 0.514. The molecule has 2 aromatic rings. The third-order valence-corrected chi connectivity index (χ3v) is 8.86. The van der Waals surface area contributed by atoms with Crippen LogP contribution >= 0.6 is 0 Å². The minimum atomic E-state index is -1.45. The Kier molecular flexibility index (Phi) is 10.7.